The van der Waals surface area contributed by atoms with Gasteiger partial charge in [-0.2, -0.15) is 0 Å². The molecule has 7 atom stereocenters. The van der Waals surface area contributed by atoms with Crippen LogP contribution in [0.2, 0.25) is 0 Å². The Hall–Kier alpha value is -2.38. The molecule has 88 heavy (non-hydrogen) atoms. The Kier molecular flexibility index (Phi) is 62.8. The van der Waals surface area contributed by atoms with Crippen LogP contribution < -0.4 is 5.32 Å². The molecule has 0 aromatic carbocycles. The summed E-state index contributed by atoms with van der Waals surface area (Å²) in [6, 6.07) is -0.832. The number of hydrogen-bond donors (Lipinski definition) is 6. The summed E-state index contributed by atoms with van der Waals surface area (Å²) in [5.74, 6) is -0.177. The van der Waals surface area contributed by atoms with E-state index in [2.05, 4.69) is 55.6 Å². The van der Waals surface area contributed by atoms with E-state index in [1.54, 1.807) is 6.08 Å². The zero-order valence-corrected chi connectivity index (χ0v) is 57.4. The number of esters is 1. The van der Waals surface area contributed by atoms with Crippen LogP contribution in [0.15, 0.2) is 48.6 Å². The molecule has 0 aliphatic carbocycles. The fourth-order valence-corrected chi connectivity index (χ4v) is 11.9. The predicted octanol–water partition coefficient (Wildman–Crippen LogP) is 19.9. The van der Waals surface area contributed by atoms with Gasteiger partial charge in [0.15, 0.2) is 6.29 Å². The zero-order chi connectivity index (χ0) is 63.7. The molecule has 1 aliphatic heterocycles. The Morgan fingerprint density at radius 1 is 0.409 bits per heavy atom. The van der Waals surface area contributed by atoms with Crippen molar-refractivity contribution in [3.05, 3.63) is 48.6 Å². The first-order valence-corrected chi connectivity index (χ1v) is 37.9. The fourth-order valence-electron chi connectivity index (χ4n) is 11.9. The van der Waals surface area contributed by atoms with Crippen LogP contribution in [-0.4, -0.2) is 100 Å². The van der Waals surface area contributed by atoms with Crippen molar-refractivity contribution in [1.82, 2.24) is 5.32 Å². The highest BCUT2D eigenvalue weighted by Crippen LogP contribution is 2.23. The second kappa shape index (κ2) is 66.1. The highest BCUT2D eigenvalue weighted by atomic mass is 16.7. The number of carbonyl (C=O) groups excluding carboxylic acids is 2. The van der Waals surface area contributed by atoms with E-state index in [1.165, 1.54) is 276 Å². The number of carbonyl (C=O) groups is 2. The van der Waals surface area contributed by atoms with Crippen molar-refractivity contribution < 1.29 is 49.3 Å². The monoisotopic (exact) mass is 1240 g/mol. The quantitative estimate of drug-likeness (QED) is 0.0195. The van der Waals surface area contributed by atoms with Crippen LogP contribution in [0.3, 0.4) is 0 Å². The second-order valence-electron chi connectivity index (χ2n) is 26.3. The zero-order valence-electron chi connectivity index (χ0n) is 57.4. The average Bonchev–Trinajstić information content (AvgIpc) is 3.64. The Morgan fingerprint density at radius 3 is 1.16 bits per heavy atom. The highest BCUT2D eigenvalue weighted by molar-refractivity contribution is 5.76. The number of rotatable bonds is 67. The molecule has 1 amide bonds. The first-order chi connectivity index (χ1) is 43.2. The first-order valence-electron chi connectivity index (χ1n) is 37.9. The van der Waals surface area contributed by atoms with Gasteiger partial charge in [0.2, 0.25) is 5.91 Å². The van der Waals surface area contributed by atoms with Gasteiger partial charge in [-0.05, 0) is 77.0 Å². The largest absolute Gasteiger partial charge is 0.466 e. The lowest BCUT2D eigenvalue weighted by Crippen LogP contribution is -2.60. The predicted molar refractivity (Wildman–Crippen MR) is 370 cm³/mol. The molecule has 1 heterocycles. The lowest BCUT2D eigenvalue weighted by molar-refractivity contribution is -0.302. The van der Waals surface area contributed by atoms with E-state index >= 15 is 0 Å². The van der Waals surface area contributed by atoms with Gasteiger partial charge >= 0.3 is 5.97 Å². The summed E-state index contributed by atoms with van der Waals surface area (Å²) >= 11 is 0. The van der Waals surface area contributed by atoms with Gasteiger partial charge in [0.1, 0.15) is 24.4 Å². The number of aliphatic hydroxyl groups excluding tert-OH is 5. The molecule has 0 bridgehead atoms. The topological polar surface area (TPSA) is 175 Å². The summed E-state index contributed by atoms with van der Waals surface area (Å²) in [4.78, 5) is 25.1. The van der Waals surface area contributed by atoms with Crippen molar-refractivity contribution in [2.24, 2.45) is 0 Å². The maximum Gasteiger partial charge on any atom is 0.305 e. The smallest absolute Gasteiger partial charge is 0.305 e. The van der Waals surface area contributed by atoms with Gasteiger partial charge in [0.05, 0.1) is 32.0 Å². The normalized spacial score (nSPS) is 18.0. The Morgan fingerprint density at radius 2 is 0.750 bits per heavy atom. The molecular weight excluding hydrogens is 1100 g/mol. The van der Waals surface area contributed by atoms with Crippen LogP contribution in [0, 0.1) is 0 Å². The van der Waals surface area contributed by atoms with Crippen LogP contribution in [0.25, 0.3) is 0 Å². The second-order valence-corrected chi connectivity index (χ2v) is 26.3. The minimum atomic E-state index is -1.58. The van der Waals surface area contributed by atoms with Crippen molar-refractivity contribution in [1.29, 1.82) is 0 Å². The van der Waals surface area contributed by atoms with E-state index in [1.807, 2.05) is 6.08 Å². The van der Waals surface area contributed by atoms with Crippen molar-refractivity contribution in [3.8, 4) is 0 Å². The Labute approximate surface area is 542 Å². The van der Waals surface area contributed by atoms with Gasteiger partial charge in [0.25, 0.3) is 0 Å². The molecule has 11 heteroatoms. The third-order valence-electron chi connectivity index (χ3n) is 17.9. The number of hydrogen-bond acceptors (Lipinski definition) is 10. The number of ether oxygens (including phenoxy) is 3. The summed E-state index contributed by atoms with van der Waals surface area (Å²) in [6.45, 7) is 4.31. The van der Waals surface area contributed by atoms with E-state index in [0.717, 1.165) is 64.2 Å². The van der Waals surface area contributed by atoms with E-state index < -0.39 is 49.5 Å². The molecule has 1 rings (SSSR count). The Balaban J connectivity index is 1.91. The van der Waals surface area contributed by atoms with Gasteiger partial charge in [-0.3, -0.25) is 9.59 Å². The molecule has 516 valence electrons. The summed E-state index contributed by atoms with van der Waals surface area (Å²) in [6.07, 6.45) is 77.1. The molecule has 7 unspecified atom stereocenters. The van der Waals surface area contributed by atoms with Gasteiger partial charge in [-0.15, -0.1) is 0 Å². The molecule has 1 saturated heterocycles. The molecule has 11 nitrogen and oxygen atoms in total. The van der Waals surface area contributed by atoms with E-state index in [0.29, 0.717) is 19.4 Å². The lowest BCUT2D eigenvalue weighted by Gasteiger charge is -2.40. The third-order valence-corrected chi connectivity index (χ3v) is 17.9. The van der Waals surface area contributed by atoms with Gasteiger partial charge in [-0.25, -0.2) is 0 Å². The lowest BCUT2D eigenvalue weighted by atomic mass is 9.99. The fraction of sp³-hybridized carbons (Fsp3) is 0.870. The van der Waals surface area contributed by atoms with Gasteiger partial charge in [-0.1, -0.05) is 326 Å². The number of aliphatic hydroxyl groups is 5. The molecular formula is C77H143NO10. The molecule has 0 spiro atoms. The molecule has 0 aromatic heterocycles. The van der Waals surface area contributed by atoms with Gasteiger partial charge < -0.3 is 45.1 Å². The first kappa shape index (κ1) is 83.6. The number of nitrogens with one attached hydrogen (secondary N) is 1. The molecule has 0 saturated carbocycles. The highest BCUT2D eigenvalue weighted by Gasteiger charge is 2.44. The van der Waals surface area contributed by atoms with Crippen LogP contribution in [0.1, 0.15) is 367 Å². The van der Waals surface area contributed by atoms with Crippen molar-refractivity contribution >= 4 is 11.9 Å². The SMILES string of the molecule is CCCC/C=C/CC/C=C/CC/C=C/C(O)C(COC1OC(CO)C(O)C(O)C1O)NC(=O)CCCCCCCCCCCCCCCCCCC/C=C\CCCCCCCCCCCCCCCCCCOC(=O)CCCCCCCCCCCCC. The summed E-state index contributed by atoms with van der Waals surface area (Å²) in [5, 5.41) is 54.4. The molecule has 1 aliphatic rings. The average molecular weight is 1240 g/mol. The maximum absolute atomic E-state index is 13.1. The third kappa shape index (κ3) is 54.2. The number of unbranched alkanes of at least 4 members (excludes halogenated alkanes) is 47. The van der Waals surface area contributed by atoms with Crippen LogP contribution in [0.4, 0.5) is 0 Å². The number of allylic oxidation sites excluding steroid dienone is 7. The maximum atomic E-state index is 13.1. The minimum absolute atomic E-state index is 0.0149. The summed E-state index contributed by atoms with van der Waals surface area (Å²) in [5.41, 5.74) is 0. The van der Waals surface area contributed by atoms with E-state index in [4.69, 9.17) is 14.2 Å². The van der Waals surface area contributed by atoms with Gasteiger partial charge in [0, 0.05) is 12.8 Å². The molecule has 1 fully saturated rings. The van der Waals surface area contributed by atoms with Crippen LogP contribution in [-0.2, 0) is 23.8 Å². The number of amides is 1. The van der Waals surface area contributed by atoms with Crippen molar-refractivity contribution in [3.63, 3.8) is 0 Å². The van der Waals surface area contributed by atoms with Crippen LogP contribution in [0.5, 0.6) is 0 Å². The summed E-state index contributed by atoms with van der Waals surface area (Å²) in [7, 11) is 0. The minimum Gasteiger partial charge on any atom is -0.466 e. The molecule has 0 radical (unpaired) electrons. The van der Waals surface area contributed by atoms with E-state index in [9.17, 15) is 35.1 Å². The standard InChI is InChI=1S/C77H143NO10/c1-3-5-7-9-11-13-15-44-47-51-55-59-63-70(80)69(68-87-77-76(85)75(84)74(83)71(67-79)88-77)78-72(81)64-60-56-52-48-45-41-39-37-35-33-31-29-27-25-23-21-19-17-16-18-20-22-24-26-28-30-32-34-36-38-40-42-46-50-54-58-62-66-86-73(82)65-61-57-53-49-43-14-12-10-8-6-4-2/h9,11,16,18,44,47,59,63,69-71,74-77,79-80,83-85H,3-8,10,12-15,17,19-43,45-46,48-58,60-62,64-68H2,1-2H3,(H,78,81)/b11-9+,18-16-,47-44+,63-59+. The van der Waals surface area contributed by atoms with Crippen LogP contribution >= 0.6 is 0 Å². The van der Waals surface area contributed by atoms with Crippen molar-refractivity contribution in [2.45, 2.75) is 410 Å². The molecule has 0 aromatic rings. The molecule has 6 N–H and O–H groups in total. The van der Waals surface area contributed by atoms with Crippen molar-refractivity contribution in [2.75, 3.05) is 19.8 Å². The summed E-state index contributed by atoms with van der Waals surface area (Å²) < 4.78 is 16.7. The van der Waals surface area contributed by atoms with E-state index in [-0.39, 0.29) is 18.5 Å². The Bertz CT molecular complexity index is 1600.